The number of nitrogens with two attached hydrogens (primary N) is 1. The molecule has 0 aliphatic heterocycles. The van der Waals surface area contributed by atoms with Gasteiger partial charge < -0.3 is 10.6 Å². The maximum atomic E-state index is 5.49. The fourth-order valence-electron chi connectivity index (χ4n) is 1.74. The quantitative estimate of drug-likeness (QED) is 0.787. The number of anilines is 1. The van der Waals surface area contributed by atoms with Crippen molar-refractivity contribution < 1.29 is 0 Å². The molecule has 0 amide bonds. The molecular formula is C11H19N3. The molecular weight excluding hydrogens is 174 g/mol. The third-order valence-electron chi connectivity index (χ3n) is 2.36. The first kappa shape index (κ1) is 11.0. The minimum Gasteiger partial charge on any atom is -0.374 e. The summed E-state index contributed by atoms with van der Waals surface area (Å²) >= 11 is 0. The standard InChI is InChI=1S/C11H19N3/c1-9-7-13-8-10(2)11(9)14(3)6-4-5-12/h7-8H,4-6,12H2,1-3H3. The summed E-state index contributed by atoms with van der Waals surface area (Å²) in [5.41, 5.74) is 9.23. The molecule has 0 saturated carbocycles. The van der Waals surface area contributed by atoms with E-state index in [9.17, 15) is 0 Å². The summed E-state index contributed by atoms with van der Waals surface area (Å²) in [7, 11) is 2.10. The largest absolute Gasteiger partial charge is 0.374 e. The van der Waals surface area contributed by atoms with Crippen LogP contribution >= 0.6 is 0 Å². The van der Waals surface area contributed by atoms with Gasteiger partial charge in [0, 0.05) is 31.7 Å². The SMILES string of the molecule is Cc1cncc(C)c1N(C)CCCN. The summed E-state index contributed by atoms with van der Waals surface area (Å²) in [6.07, 6.45) is 4.83. The number of aromatic nitrogens is 1. The van der Waals surface area contributed by atoms with E-state index < -0.39 is 0 Å². The lowest BCUT2D eigenvalue weighted by atomic mass is 10.1. The Bertz CT molecular complexity index is 276. The van der Waals surface area contributed by atoms with Gasteiger partial charge in [0.05, 0.1) is 0 Å². The molecule has 0 spiro atoms. The Morgan fingerprint density at radius 3 is 2.36 bits per heavy atom. The lowest BCUT2D eigenvalue weighted by Gasteiger charge is -2.22. The Kier molecular flexibility index (Phi) is 3.89. The molecule has 0 radical (unpaired) electrons. The molecule has 1 aromatic rings. The van der Waals surface area contributed by atoms with E-state index in [1.54, 1.807) is 0 Å². The second kappa shape index (κ2) is 4.96. The minimum absolute atomic E-state index is 0.744. The molecule has 0 fully saturated rings. The fraction of sp³-hybridized carbons (Fsp3) is 0.545. The Morgan fingerprint density at radius 1 is 1.29 bits per heavy atom. The van der Waals surface area contributed by atoms with E-state index in [2.05, 4.69) is 30.8 Å². The first-order valence-electron chi connectivity index (χ1n) is 4.99. The Balaban J connectivity index is 2.82. The van der Waals surface area contributed by atoms with Crippen LogP contribution in [-0.4, -0.2) is 25.1 Å². The molecule has 0 aliphatic rings. The van der Waals surface area contributed by atoms with Crippen LogP contribution in [0.15, 0.2) is 12.4 Å². The van der Waals surface area contributed by atoms with E-state index >= 15 is 0 Å². The van der Waals surface area contributed by atoms with E-state index in [0.29, 0.717) is 0 Å². The van der Waals surface area contributed by atoms with Crippen LogP contribution in [0, 0.1) is 13.8 Å². The average molecular weight is 193 g/mol. The van der Waals surface area contributed by atoms with E-state index in [0.717, 1.165) is 19.5 Å². The molecule has 1 heterocycles. The lowest BCUT2D eigenvalue weighted by molar-refractivity contribution is 0.791. The molecule has 3 nitrogen and oxygen atoms in total. The summed E-state index contributed by atoms with van der Waals surface area (Å²) in [6, 6.07) is 0. The van der Waals surface area contributed by atoms with Crippen LogP contribution in [0.1, 0.15) is 17.5 Å². The number of rotatable bonds is 4. The van der Waals surface area contributed by atoms with Gasteiger partial charge >= 0.3 is 0 Å². The monoisotopic (exact) mass is 193 g/mol. The molecule has 0 saturated heterocycles. The maximum Gasteiger partial charge on any atom is 0.0453 e. The van der Waals surface area contributed by atoms with Crippen molar-refractivity contribution in [3.8, 4) is 0 Å². The maximum absolute atomic E-state index is 5.49. The van der Waals surface area contributed by atoms with E-state index in [1.807, 2.05) is 12.4 Å². The highest BCUT2D eigenvalue weighted by molar-refractivity contribution is 5.56. The topological polar surface area (TPSA) is 42.2 Å². The summed E-state index contributed by atoms with van der Waals surface area (Å²) in [4.78, 5) is 6.40. The van der Waals surface area contributed by atoms with Gasteiger partial charge in [0.25, 0.3) is 0 Å². The molecule has 2 N–H and O–H groups in total. The summed E-state index contributed by atoms with van der Waals surface area (Å²) in [5, 5.41) is 0. The number of aryl methyl sites for hydroxylation is 2. The second-order valence-electron chi connectivity index (χ2n) is 3.69. The van der Waals surface area contributed by atoms with Gasteiger partial charge in [-0.15, -0.1) is 0 Å². The van der Waals surface area contributed by atoms with Gasteiger partial charge in [-0.25, -0.2) is 0 Å². The fourth-order valence-corrected chi connectivity index (χ4v) is 1.74. The predicted molar refractivity (Wildman–Crippen MR) is 60.7 cm³/mol. The molecule has 0 aromatic carbocycles. The number of hydrogen-bond donors (Lipinski definition) is 1. The summed E-state index contributed by atoms with van der Waals surface area (Å²) in [6.45, 7) is 5.93. The Labute approximate surface area is 85.9 Å². The molecule has 14 heavy (non-hydrogen) atoms. The molecule has 1 rings (SSSR count). The second-order valence-corrected chi connectivity index (χ2v) is 3.69. The molecule has 0 atom stereocenters. The molecule has 78 valence electrons. The highest BCUT2D eigenvalue weighted by atomic mass is 15.1. The number of hydrogen-bond acceptors (Lipinski definition) is 3. The van der Waals surface area contributed by atoms with Crippen LogP contribution in [0.3, 0.4) is 0 Å². The first-order chi connectivity index (χ1) is 6.66. The van der Waals surface area contributed by atoms with Crippen molar-refractivity contribution in [3.63, 3.8) is 0 Å². The molecule has 0 aliphatic carbocycles. The van der Waals surface area contributed by atoms with Crippen molar-refractivity contribution in [2.24, 2.45) is 5.73 Å². The molecule has 1 aromatic heterocycles. The molecule has 0 bridgehead atoms. The van der Waals surface area contributed by atoms with E-state index in [4.69, 9.17) is 5.73 Å². The van der Waals surface area contributed by atoms with Gasteiger partial charge in [0.1, 0.15) is 0 Å². The Morgan fingerprint density at radius 2 is 1.86 bits per heavy atom. The zero-order valence-corrected chi connectivity index (χ0v) is 9.25. The van der Waals surface area contributed by atoms with Crippen LogP contribution in [0.25, 0.3) is 0 Å². The van der Waals surface area contributed by atoms with Crippen molar-refractivity contribution in [2.45, 2.75) is 20.3 Å². The first-order valence-corrected chi connectivity index (χ1v) is 4.99. The van der Waals surface area contributed by atoms with Crippen LogP contribution in [0.2, 0.25) is 0 Å². The van der Waals surface area contributed by atoms with Crippen molar-refractivity contribution in [1.82, 2.24) is 4.98 Å². The summed E-state index contributed by atoms with van der Waals surface area (Å²) < 4.78 is 0. The van der Waals surface area contributed by atoms with Crippen LogP contribution < -0.4 is 10.6 Å². The molecule has 3 heteroatoms. The smallest absolute Gasteiger partial charge is 0.0453 e. The van der Waals surface area contributed by atoms with E-state index in [-0.39, 0.29) is 0 Å². The van der Waals surface area contributed by atoms with Gasteiger partial charge in [-0.05, 0) is 37.9 Å². The van der Waals surface area contributed by atoms with Crippen LogP contribution in [-0.2, 0) is 0 Å². The van der Waals surface area contributed by atoms with Crippen molar-refractivity contribution in [3.05, 3.63) is 23.5 Å². The van der Waals surface area contributed by atoms with Crippen molar-refractivity contribution >= 4 is 5.69 Å². The van der Waals surface area contributed by atoms with Crippen LogP contribution in [0.5, 0.6) is 0 Å². The van der Waals surface area contributed by atoms with Gasteiger partial charge in [-0.2, -0.15) is 0 Å². The van der Waals surface area contributed by atoms with Crippen molar-refractivity contribution in [1.29, 1.82) is 0 Å². The Hall–Kier alpha value is -1.09. The predicted octanol–water partition coefficient (Wildman–Crippen LogP) is 1.48. The number of pyridine rings is 1. The normalized spacial score (nSPS) is 10.3. The highest BCUT2D eigenvalue weighted by Gasteiger charge is 2.06. The minimum atomic E-state index is 0.744. The van der Waals surface area contributed by atoms with Gasteiger partial charge in [0.15, 0.2) is 0 Å². The highest BCUT2D eigenvalue weighted by Crippen LogP contribution is 2.21. The lowest BCUT2D eigenvalue weighted by Crippen LogP contribution is -2.22. The average Bonchev–Trinajstić information content (AvgIpc) is 2.14. The zero-order chi connectivity index (χ0) is 10.6. The van der Waals surface area contributed by atoms with Crippen molar-refractivity contribution in [2.75, 3.05) is 25.0 Å². The zero-order valence-electron chi connectivity index (χ0n) is 9.25. The van der Waals surface area contributed by atoms with Crippen LogP contribution in [0.4, 0.5) is 5.69 Å². The van der Waals surface area contributed by atoms with Gasteiger partial charge in [-0.3, -0.25) is 4.98 Å². The third-order valence-corrected chi connectivity index (χ3v) is 2.36. The van der Waals surface area contributed by atoms with Gasteiger partial charge in [-0.1, -0.05) is 0 Å². The number of nitrogens with zero attached hydrogens (tertiary/aromatic N) is 2. The van der Waals surface area contributed by atoms with E-state index in [1.165, 1.54) is 16.8 Å². The van der Waals surface area contributed by atoms with Gasteiger partial charge in [0.2, 0.25) is 0 Å². The summed E-state index contributed by atoms with van der Waals surface area (Å²) in [5.74, 6) is 0. The third kappa shape index (κ3) is 2.45. The molecule has 0 unspecified atom stereocenters.